The minimum absolute atomic E-state index is 0.147. The van der Waals surface area contributed by atoms with E-state index in [4.69, 9.17) is 23.2 Å². The van der Waals surface area contributed by atoms with Crippen LogP contribution in [0.5, 0.6) is 0 Å². The van der Waals surface area contributed by atoms with E-state index in [1.165, 1.54) is 24.4 Å². The summed E-state index contributed by atoms with van der Waals surface area (Å²) in [5.41, 5.74) is 1.46. The molecule has 1 amide bonds. The molecule has 0 spiro atoms. The van der Waals surface area contributed by atoms with Crippen LogP contribution in [0.2, 0.25) is 10.2 Å². The van der Waals surface area contributed by atoms with E-state index in [1.807, 2.05) is 6.92 Å². The number of carbonyl (C=O) groups excluding carboxylic acids is 1. The number of carbonyl (C=O) groups is 1. The summed E-state index contributed by atoms with van der Waals surface area (Å²) in [6, 6.07) is 8.04. The van der Waals surface area contributed by atoms with Crippen LogP contribution >= 0.6 is 23.2 Å². The van der Waals surface area contributed by atoms with Crippen LogP contribution in [0.25, 0.3) is 0 Å². The topological polar surface area (TPSA) is 33.2 Å². The Kier molecular flexibility index (Phi) is 7.21. The number of pyridine rings is 1. The summed E-state index contributed by atoms with van der Waals surface area (Å²) in [4.78, 5) is 18.3. The minimum Gasteiger partial charge on any atom is -0.339 e. The number of nitrogens with zero attached hydrogens (tertiary/aromatic N) is 2. The average Bonchev–Trinajstić information content (AvgIpc) is 2.59. The van der Waals surface area contributed by atoms with Crippen molar-refractivity contribution >= 4 is 29.1 Å². The third-order valence-corrected chi connectivity index (χ3v) is 4.62. The molecular weight excluding hydrogens is 362 g/mol. The number of rotatable bonds is 7. The third kappa shape index (κ3) is 5.68. The van der Waals surface area contributed by atoms with E-state index in [0.717, 1.165) is 18.4 Å². The fraction of sp³-hybridized carbons (Fsp3) is 0.368. The Hall–Kier alpha value is -1.65. The van der Waals surface area contributed by atoms with Crippen LogP contribution in [0.15, 0.2) is 36.5 Å². The lowest BCUT2D eigenvalue weighted by atomic mass is 9.98. The second kappa shape index (κ2) is 9.16. The molecule has 0 aliphatic rings. The molecule has 1 heterocycles. The van der Waals surface area contributed by atoms with Crippen molar-refractivity contribution in [2.75, 3.05) is 13.1 Å². The van der Waals surface area contributed by atoms with Crippen molar-refractivity contribution in [3.05, 3.63) is 63.6 Å². The first-order valence-electron chi connectivity index (χ1n) is 8.25. The van der Waals surface area contributed by atoms with Gasteiger partial charge in [0.1, 0.15) is 11.0 Å². The Morgan fingerprint density at radius 3 is 2.60 bits per heavy atom. The smallest absolute Gasteiger partial charge is 0.255 e. The van der Waals surface area contributed by atoms with Crippen LogP contribution in [0.4, 0.5) is 4.39 Å². The fourth-order valence-electron chi connectivity index (χ4n) is 2.65. The van der Waals surface area contributed by atoms with E-state index in [1.54, 1.807) is 17.0 Å². The molecule has 2 aromatic rings. The molecule has 25 heavy (non-hydrogen) atoms. The molecule has 1 atom stereocenters. The van der Waals surface area contributed by atoms with Crippen LogP contribution in [-0.2, 0) is 6.42 Å². The lowest BCUT2D eigenvalue weighted by Crippen LogP contribution is -2.33. The highest BCUT2D eigenvalue weighted by atomic mass is 35.5. The van der Waals surface area contributed by atoms with Gasteiger partial charge >= 0.3 is 0 Å². The molecule has 3 nitrogen and oxygen atoms in total. The maximum absolute atomic E-state index is 13.0. The largest absolute Gasteiger partial charge is 0.339 e. The molecular formula is C19H21Cl2FN2O. The van der Waals surface area contributed by atoms with Crippen molar-refractivity contribution in [2.45, 2.75) is 26.7 Å². The van der Waals surface area contributed by atoms with Crippen LogP contribution in [0.3, 0.4) is 0 Å². The Labute approximate surface area is 157 Å². The van der Waals surface area contributed by atoms with Gasteiger partial charge in [-0.05, 0) is 49.4 Å². The summed E-state index contributed by atoms with van der Waals surface area (Å²) in [7, 11) is 0. The number of hydrogen-bond donors (Lipinski definition) is 0. The highest BCUT2D eigenvalue weighted by Gasteiger charge is 2.19. The number of benzene rings is 1. The van der Waals surface area contributed by atoms with Crippen LogP contribution in [-0.4, -0.2) is 28.9 Å². The molecule has 1 unspecified atom stereocenters. The van der Waals surface area contributed by atoms with E-state index in [0.29, 0.717) is 29.6 Å². The maximum Gasteiger partial charge on any atom is 0.255 e. The Morgan fingerprint density at radius 2 is 1.96 bits per heavy atom. The molecule has 1 aromatic carbocycles. The molecule has 0 fully saturated rings. The van der Waals surface area contributed by atoms with Gasteiger partial charge in [-0.3, -0.25) is 4.79 Å². The zero-order chi connectivity index (χ0) is 18.4. The summed E-state index contributed by atoms with van der Waals surface area (Å²) in [6.07, 6.45) is 3.07. The molecule has 134 valence electrons. The van der Waals surface area contributed by atoms with Crippen molar-refractivity contribution in [3.63, 3.8) is 0 Å². The summed E-state index contributed by atoms with van der Waals surface area (Å²) in [6.45, 7) is 5.25. The first kappa shape index (κ1) is 19.7. The molecule has 0 aliphatic heterocycles. The van der Waals surface area contributed by atoms with Crippen molar-refractivity contribution in [1.29, 1.82) is 0 Å². The highest BCUT2D eigenvalue weighted by Crippen LogP contribution is 2.21. The lowest BCUT2D eigenvalue weighted by molar-refractivity contribution is 0.0756. The zero-order valence-corrected chi connectivity index (χ0v) is 15.8. The first-order chi connectivity index (χ1) is 11.9. The van der Waals surface area contributed by atoms with Gasteiger partial charge in [0.15, 0.2) is 0 Å². The first-order valence-corrected chi connectivity index (χ1v) is 9.01. The van der Waals surface area contributed by atoms with Crippen molar-refractivity contribution in [3.8, 4) is 0 Å². The zero-order valence-electron chi connectivity index (χ0n) is 14.3. The minimum atomic E-state index is -0.230. The van der Waals surface area contributed by atoms with Gasteiger partial charge in [-0.1, -0.05) is 42.3 Å². The monoisotopic (exact) mass is 382 g/mol. The SMILES string of the molecule is CCN(CCC(C)Cc1ccc(F)cc1)C(=O)c1cc(Cl)ncc1Cl. The molecule has 0 radical (unpaired) electrons. The van der Waals surface area contributed by atoms with Crippen molar-refractivity contribution in [1.82, 2.24) is 9.88 Å². The van der Waals surface area contributed by atoms with E-state index < -0.39 is 0 Å². The number of hydrogen-bond acceptors (Lipinski definition) is 2. The molecule has 1 aromatic heterocycles. The second-order valence-electron chi connectivity index (χ2n) is 6.10. The van der Waals surface area contributed by atoms with Gasteiger partial charge in [-0.2, -0.15) is 0 Å². The molecule has 2 rings (SSSR count). The summed E-state index contributed by atoms with van der Waals surface area (Å²) >= 11 is 11.9. The lowest BCUT2D eigenvalue weighted by Gasteiger charge is -2.23. The highest BCUT2D eigenvalue weighted by molar-refractivity contribution is 6.35. The van der Waals surface area contributed by atoms with E-state index in [9.17, 15) is 9.18 Å². The molecule has 0 saturated heterocycles. The van der Waals surface area contributed by atoms with Gasteiger partial charge in [0.25, 0.3) is 5.91 Å². The quantitative estimate of drug-likeness (QED) is 0.611. The van der Waals surface area contributed by atoms with Gasteiger partial charge < -0.3 is 4.90 Å². The van der Waals surface area contributed by atoms with E-state index in [-0.39, 0.29) is 16.9 Å². The summed E-state index contributed by atoms with van der Waals surface area (Å²) in [5.74, 6) is -0.0124. The number of halogens is 3. The van der Waals surface area contributed by atoms with E-state index >= 15 is 0 Å². The predicted molar refractivity (Wildman–Crippen MR) is 99.7 cm³/mol. The predicted octanol–water partition coefficient (Wildman–Crippen LogP) is 5.26. The number of aromatic nitrogens is 1. The van der Waals surface area contributed by atoms with Gasteiger partial charge in [0, 0.05) is 19.3 Å². The van der Waals surface area contributed by atoms with E-state index in [2.05, 4.69) is 11.9 Å². The second-order valence-corrected chi connectivity index (χ2v) is 6.89. The average molecular weight is 383 g/mol. The molecule has 6 heteroatoms. The normalized spacial score (nSPS) is 12.0. The Bertz CT molecular complexity index is 722. The summed E-state index contributed by atoms with van der Waals surface area (Å²) < 4.78 is 13.0. The van der Waals surface area contributed by atoms with Gasteiger partial charge in [-0.15, -0.1) is 0 Å². The standard InChI is InChI=1S/C19H21Cl2FN2O/c1-3-24(19(25)16-11-18(21)23-12-17(16)20)9-8-13(2)10-14-4-6-15(22)7-5-14/h4-7,11-13H,3,8-10H2,1-2H3. The maximum atomic E-state index is 13.0. The van der Waals surface area contributed by atoms with Gasteiger partial charge in [0.05, 0.1) is 10.6 Å². The molecule has 0 N–H and O–H groups in total. The Morgan fingerprint density at radius 1 is 1.28 bits per heavy atom. The molecule has 0 saturated carbocycles. The summed E-state index contributed by atoms with van der Waals surface area (Å²) in [5, 5.41) is 0.542. The third-order valence-electron chi connectivity index (χ3n) is 4.11. The Balaban J connectivity index is 1.95. The fourth-order valence-corrected chi connectivity index (χ4v) is 2.99. The van der Waals surface area contributed by atoms with Crippen molar-refractivity contribution < 1.29 is 9.18 Å². The molecule has 0 bridgehead atoms. The van der Waals surface area contributed by atoms with Crippen molar-refractivity contribution in [2.24, 2.45) is 5.92 Å². The van der Waals surface area contributed by atoms with Gasteiger partial charge in [0.2, 0.25) is 0 Å². The van der Waals surface area contributed by atoms with Crippen LogP contribution < -0.4 is 0 Å². The van der Waals surface area contributed by atoms with Crippen LogP contribution in [0.1, 0.15) is 36.2 Å². The van der Waals surface area contributed by atoms with Crippen LogP contribution in [0, 0.1) is 11.7 Å². The van der Waals surface area contributed by atoms with Gasteiger partial charge in [-0.25, -0.2) is 9.37 Å². The molecule has 0 aliphatic carbocycles. The number of amides is 1.